The van der Waals surface area contributed by atoms with Crippen LogP contribution in [0.1, 0.15) is 29.9 Å². The van der Waals surface area contributed by atoms with E-state index in [4.69, 9.17) is 4.74 Å². The van der Waals surface area contributed by atoms with Crippen LogP contribution in [0.25, 0.3) is 0 Å². The van der Waals surface area contributed by atoms with Gasteiger partial charge in [0.05, 0.1) is 6.61 Å². The van der Waals surface area contributed by atoms with E-state index in [0.717, 1.165) is 54.8 Å². The molecular weight excluding hydrogens is 290 g/mol. The van der Waals surface area contributed by atoms with Gasteiger partial charge < -0.3 is 9.64 Å². The highest BCUT2D eigenvalue weighted by molar-refractivity contribution is 5.29. The Bertz CT molecular complexity index is 654. The van der Waals surface area contributed by atoms with Crippen LogP contribution in [0, 0.1) is 26.7 Å². The summed E-state index contributed by atoms with van der Waals surface area (Å²) in [6.45, 7) is 8.56. The minimum atomic E-state index is 0.546. The maximum atomic E-state index is 5.98. The Morgan fingerprint density at radius 2 is 1.78 bits per heavy atom. The van der Waals surface area contributed by atoms with Gasteiger partial charge in [0.1, 0.15) is 5.82 Å². The Balaban J connectivity index is 1.54. The summed E-state index contributed by atoms with van der Waals surface area (Å²) in [6, 6.07) is 1.85. The molecule has 0 N–H and O–H groups in total. The van der Waals surface area contributed by atoms with Crippen LogP contribution < -0.4 is 9.64 Å². The number of ether oxygens (including phenoxy) is 1. The molecule has 6 nitrogen and oxygen atoms in total. The lowest BCUT2D eigenvalue weighted by Gasteiger charge is -2.31. The molecule has 3 heterocycles. The molecule has 2 aromatic rings. The number of piperidine rings is 1. The highest BCUT2D eigenvalue weighted by Crippen LogP contribution is 2.23. The number of aromatic nitrogens is 4. The summed E-state index contributed by atoms with van der Waals surface area (Å²) in [5, 5.41) is 0. The summed E-state index contributed by atoms with van der Waals surface area (Å²) in [5.41, 5.74) is 2.02. The molecule has 0 unspecified atom stereocenters. The number of rotatable bonds is 4. The van der Waals surface area contributed by atoms with Crippen LogP contribution in [0.4, 0.5) is 5.95 Å². The van der Waals surface area contributed by atoms with Crippen LogP contribution >= 0.6 is 0 Å². The van der Waals surface area contributed by atoms with E-state index in [9.17, 15) is 0 Å². The van der Waals surface area contributed by atoms with Gasteiger partial charge in [0.25, 0.3) is 0 Å². The van der Waals surface area contributed by atoms with Crippen LogP contribution in [0.15, 0.2) is 18.5 Å². The molecule has 0 saturated carbocycles. The van der Waals surface area contributed by atoms with Gasteiger partial charge in [0.15, 0.2) is 0 Å². The number of nitrogens with zero attached hydrogens (tertiary/aromatic N) is 5. The average Bonchev–Trinajstić information content (AvgIpc) is 2.58. The van der Waals surface area contributed by atoms with Crippen LogP contribution in [-0.4, -0.2) is 39.6 Å². The molecule has 0 bridgehead atoms. The SMILES string of the molecule is Cc1nc(C)c(C)c(OCC2CCN(c3ncccn3)CC2)n1. The van der Waals surface area contributed by atoms with Crippen LogP contribution in [0.2, 0.25) is 0 Å². The summed E-state index contributed by atoms with van der Waals surface area (Å²) in [4.78, 5) is 19.7. The Kier molecular flexibility index (Phi) is 4.69. The van der Waals surface area contributed by atoms with Crippen molar-refractivity contribution in [3.63, 3.8) is 0 Å². The van der Waals surface area contributed by atoms with Crippen molar-refractivity contribution in [1.82, 2.24) is 19.9 Å². The lowest BCUT2D eigenvalue weighted by atomic mass is 9.98. The highest BCUT2D eigenvalue weighted by atomic mass is 16.5. The molecule has 122 valence electrons. The van der Waals surface area contributed by atoms with E-state index in [-0.39, 0.29) is 0 Å². The van der Waals surface area contributed by atoms with Crippen molar-refractivity contribution in [2.24, 2.45) is 5.92 Å². The van der Waals surface area contributed by atoms with Gasteiger partial charge in [0, 0.05) is 36.7 Å². The van der Waals surface area contributed by atoms with E-state index in [1.165, 1.54) is 0 Å². The van der Waals surface area contributed by atoms with Crippen molar-refractivity contribution in [1.29, 1.82) is 0 Å². The first-order valence-electron chi connectivity index (χ1n) is 8.10. The molecule has 0 aromatic carbocycles. The molecule has 1 aliphatic heterocycles. The maximum Gasteiger partial charge on any atom is 0.225 e. The third-order valence-corrected chi connectivity index (χ3v) is 4.36. The second-order valence-electron chi connectivity index (χ2n) is 6.08. The summed E-state index contributed by atoms with van der Waals surface area (Å²) >= 11 is 0. The number of anilines is 1. The molecule has 0 aliphatic carbocycles. The largest absolute Gasteiger partial charge is 0.477 e. The van der Waals surface area contributed by atoms with Gasteiger partial charge in [0.2, 0.25) is 11.8 Å². The molecule has 2 aromatic heterocycles. The number of aryl methyl sites for hydroxylation is 2. The lowest BCUT2D eigenvalue weighted by Crippen LogP contribution is -2.36. The zero-order chi connectivity index (χ0) is 16.2. The van der Waals surface area contributed by atoms with Crippen molar-refractivity contribution < 1.29 is 4.74 Å². The van der Waals surface area contributed by atoms with Crippen LogP contribution in [0.3, 0.4) is 0 Å². The summed E-state index contributed by atoms with van der Waals surface area (Å²) in [6.07, 6.45) is 5.75. The Labute approximate surface area is 137 Å². The predicted octanol–water partition coefficient (Wildman–Crippen LogP) is 2.49. The molecule has 1 fully saturated rings. The second-order valence-corrected chi connectivity index (χ2v) is 6.08. The first kappa shape index (κ1) is 15.6. The topological polar surface area (TPSA) is 64.0 Å². The summed E-state index contributed by atoms with van der Waals surface area (Å²) in [5.74, 6) is 2.86. The van der Waals surface area contributed by atoms with Crippen molar-refractivity contribution in [3.05, 3.63) is 35.5 Å². The molecular formula is C17H23N5O. The monoisotopic (exact) mass is 313 g/mol. The summed E-state index contributed by atoms with van der Waals surface area (Å²) < 4.78 is 5.98. The Hall–Kier alpha value is -2.24. The fourth-order valence-electron chi connectivity index (χ4n) is 2.83. The smallest absolute Gasteiger partial charge is 0.225 e. The quantitative estimate of drug-likeness (QED) is 0.864. The molecule has 1 aliphatic rings. The van der Waals surface area contributed by atoms with E-state index in [1.807, 2.05) is 26.8 Å². The van der Waals surface area contributed by atoms with Crippen LogP contribution in [0.5, 0.6) is 5.88 Å². The van der Waals surface area contributed by atoms with Gasteiger partial charge >= 0.3 is 0 Å². The van der Waals surface area contributed by atoms with Crippen molar-refractivity contribution in [3.8, 4) is 5.88 Å². The minimum Gasteiger partial charge on any atom is -0.477 e. The van der Waals surface area contributed by atoms with E-state index < -0.39 is 0 Å². The normalized spacial score (nSPS) is 15.7. The summed E-state index contributed by atoms with van der Waals surface area (Å²) in [7, 11) is 0. The average molecular weight is 313 g/mol. The lowest BCUT2D eigenvalue weighted by molar-refractivity contribution is 0.213. The van der Waals surface area contributed by atoms with E-state index in [0.29, 0.717) is 12.5 Å². The van der Waals surface area contributed by atoms with Gasteiger partial charge in [-0.2, -0.15) is 4.98 Å². The first-order valence-corrected chi connectivity index (χ1v) is 8.10. The van der Waals surface area contributed by atoms with Crippen molar-refractivity contribution in [2.75, 3.05) is 24.6 Å². The maximum absolute atomic E-state index is 5.98. The first-order chi connectivity index (χ1) is 11.1. The number of hydrogen-bond acceptors (Lipinski definition) is 6. The van der Waals surface area contributed by atoms with E-state index in [1.54, 1.807) is 12.4 Å². The molecule has 3 rings (SSSR count). The minimum absolute atomic E-state index is 0.546. The van der Waals surface area contributed by atoms with Gasteiger partial charge in [-0.15, -0.1) is 0 Å². The third kappa shape index (κ3) is 3.75. The van der Waals surface area contributed by atoms with Gasteiger partial charge in [-0.3, -0.25) is 0 Å². The van der Waals surface area contributed by atoms with E-state index >= 15 is 0 Å². The predicted molar refractivity (Wildman–Crippen MR) is 88.7 cm³/mol. The molecule has 23 heavy (non-hydrogen) atoms. The Morgan fingerprint density at radius 3 is 2.48 bits per heavy atom. The molecule has 0 amide bonds. The number of hydrogen-bond donors (Lipinski definition) is 0. The molecule has 0 radical (unpaired) electrons. The van der Waals surface area contributed by atoms with Gasteiger partial charge in [-0.05, 0) is 45.6 Å². The fraction of sp³-hybridized carbons (Fsp3) is 0.529. The molecule has 6 heteroatoms. The Morgan fingerprint density at radius 1 is 1.09 bits per heavy atom. The van der Waals surface area contributed by atoms with Gasteiger partial charge in [-0.25, -0.2) is 15.0 Å². The molecule has 0 atom stereocenters. The van der Waals surface area contributed by atoms with Gasteiger partial charge in [-0.1, -0.05) is 0 Å². The highest BCUT2D eigenvalue weighted by Gasteiger charge is 2.21. The van der Waals surface area contributed by atoms with Crippen molar-refractivity contribution >= 4 is 5.95 Å². The van der Waals surface area contributed by atoms with Crippen LogP contribution in [-0.2, 0) is 0 Å². The zero-order valence-corrected chi connectivity index (χ0v) is 14.0. The molecule has 0 spiro atoms. The standard InChI is InChI=1S/C17H23N5O/c1-12-13(2)20-14(3)21-16(12)23-11-15-5-9-22(10-6-15)17-18-7-4-8-19-17/h4,7-8,15H,5-6,9-11H2,1-3H3. The van der Waals surface area contributed by atoms with Crippen molar-refractivity contribution in [2.45, 2.75) is 33.6 Å². The zero-order valence-electron chi connectivity index (χ0n) is 14.0. The second kappa shape index (κ2) is 6.89. The molecule has 1 saturated heterocycles. The fourth-order valence-corrected chi connectivity index (χ4v) is 2.83. The van der Waals surface area contributed by atoms with E-state index in [2.05, 4.69) is 24.8 Å². The third-order valence-electron chi connectivity index (χ3n) is 4.36.